The van der Waals surface area contributed by atoms with Crippen molar-refractivity contribution in [2.75, 3.05) is 5.32 Å². The summed E-state index contributed by atoms with van der Waals surface area (Å²) in [5.74, 6) is 0.797. The molecule has 0 aliphatic carbocycles. The van der Waals surface area contributed by atoms with Gasteiger partial charge in [-0.05, 0) is 42.2 Å². The average Bonchev–Trinajstić information content (AvgIpc) is 2.54. The Morgan fingerprint density at radius 2 is 2.18 bits per heavy atom. The molecule has 0 spiro atoms. The van der Waals surface area contributed by atoms with E-state index < -0.39 is 0 Å². The van der Waals surface area contributed by atoms with Crippen LogP contribution in [0.25, 0.3) is 11.1 Å². The molecule has 114 valence electrons. The van der Waals surface area contributed by atoms with E-state index in [2.05, 4.69) is 23.8 Å². The number of benzene rings is 1. The Bertz CT molecular complexity index is 690. The van der Waals surface area contributed by atoms with E-state index in [1.807, 2.05) is 49.5 Å². The zero-order valence-corrected chi connectivity index (χ0v) is 13.8. The van der Waals surface area contributed by atoms with Crippen molar-refractivity contribution in [3.8, 4) is 11.1 Å². The normalized spacial score (nSPS) is 11.3. The summed E-state index contributed by atoms with van der Waals surface area (Å²) in [6.07, 6.45) is 7.71. The molecule has 3 heteroatoms. The van der Waals surface area contributed by atoms with E-state index >= 15 is 0 Å². The van der Waals surface area contributed by atoms with Crippen molar-refractivity contribution in [1.29, 1.82) is 0 Å². The number of nitrogens with zero attached hydrogens (tertiary/aromatic N) is 1. The van der Waals surface area contributed by atoms with Gasteiger partial charge in [0, 0.05) is 18.0 Å². The Hall–Kier alpha value is -2.06. The van der Waals surface area contributed by atoms with Crippen LogP contribution in [0.15, 0.2) is 61.0 Å². The number of hydrogen-bond donors (Lipinski definition) is 1. The van der Waals surface area contributed by atoms with Crippen LogP contribution in [-0.2, 0) is 0 Å². The Balaban J connectivity index is 2.27. The standard InChI is InChI=1S/C19H21ClN2/c1-4-7-15(5-2)13-22-18-12-16(10-11-21-18)17-9-6-8-14(3)19(17)20/h5-6,8-13H,2,4,7H2,1,3H3,(H,21,22)/b15-13-. The zero-order valence-electron chi connectivity index (χ0n) is 13.1. The molecular formula is C19H21ClN2. The number of aromatic nitrogens is 1. The number of nitrogens with one attached hydrogen (secondary N) is 1. The first kappa shape index (κ1) is 16.3. The Labute approximate surface area is 137 Å². The average molecular weight is 313 g/mol. The minimum atomic E-state index is 0.785. The van der Waals surface area contributed by atoms with Gasteiger partial charge in [-0.25, -0.2) is 4.98 Å². The Kier molecular flexibility index (Phi) is 5.79. The molecule has 2 nitrogen and oxygen atoms in total. The maximum Gasteiger partial charge on any atom is 0.130 e. The van der Waals surface area contributed by atoms with Crippen LogP contribution < -0.4 is 5.32 Å². The third-order valence-electron chi connectivity index (χ3n) is 3.47. The fourth-order valence-corrected chi connectivity index (χ4v) is 2.47. The van der Waals surface area contributed by atoms with E-state index in [4.69, 9.17) is 11.6 Å². The number of hydrogen-bond acceptors (Lipinski definition) is 2. The quantitative estimate of drug-likeness (QED) is 0.662. The maximum atomic E-state index is 6.41. The molecule has 1 heterocycles. The molecule has 0 atom stereocenters. The SMILES string of the molecule is C=C/C(=C/Nc1cc(-c2cccc(C)c2Cl)ccn1)CCC. The number of allylic oxidation sites excluding steroid dienone is 2. The molecule has 0 bridgehead atoms. The second-order valence-electron chi connectivity index (χ2n) is 5.18. The molecule has 0 amide bonds. The zero-order chi connectivity index (χ0) is 15.9. The molecule has 0 fully saturated rings. The molecule has 1 aromatic carbocycles. The molecule has 2 rings (SSSR count). The van der Waals surface area contributed by atoms with Gasteiger partial charge in [0.05, 0.1) is 5.02 Å². The van der Waals surface area contributed by atoms with Crippen LogP contribution >= 0.6 is 11.6 Å². The summed E-state index contributed by atoms with van der Waals surface area (Å²) in [6, 6.07) is 10.0. The van der Waals surface area contributed by atoms with Crippen LogP contribution in [0, 0.1) is 6.92 Å². The third kappa shape index (κ3) is 3.99. The number of pyridine rings is 1. The van der Waals surface area contributed by atoms with Gasteiger partial charge in [0.15, 0.2) is 0 Å². The highest BCUT2D eigenvalue weighted by Crippen LogP contribution is 2.31. The van der Waals surface area contributed by atoms with E-state index in [1.54, 1.807) is 6.20 Å². The van der Waals surface area contributed by atoms with Crippen LogP contribution in [0.1, 0.15) is 25.3 Å². The Morgan fingerprint density at radius 1 is 1.36 bits per heavy atom. The van der Waals surface area contributed by atoms with Gasteiger partial charge in [-0.3, -0.25) is 0 Å². The van der Waals surface area contributed by atoms with Crippen molar-refractivity contribution in [1.82, 2.24) is 4.98 Å². The number of anilines is 1. The van der Waals surface area contributed by atoms with Crippen molar-refractivity contribution < 1.29 is 0 Å². The van der Waals surface area contributed by atoms with Gasteiger partial charge in [-0.2, -0.15) is 0 Å². The van der Waals surface area contributed by atoms with E-state index in [9.17, 15) is 0 Å². The second kappa shape index (κ2) is 7.81. The molecule has 0 saturated carbocycles. The van der Waals surface area contributed by atoms with Crippen molar-refractivity contribution in [2.45, 2.75) is 26.7 Å². The molecule has 0 aliphatic rings. The lowest BCUT2D eigenvalue weighted by Gasteiger charge is -2.09. The van der Waals surface area contributed by atoms with Gasteiger partial charge in [0.25, 0.3) is 0 Å². The molecule has 2 aromatic rings. The predicted molar refractivity (Wildman–Crippen MR) is 96.2 cm³/mol. The van der Waals surface area contributed by atoms with Crippen molar-refractivity contribution >= 4 is 17.4 Å². The lowest BCUT2D eigenvalue weighted by Crippen LogP contribution is -1.94. The summed E-state index contributed by atoms with van der Waals surface area (Å²) >= 11 is 6.41. The molecule has 1 aromatic heterocycles. The molecule has 0 unspecified atom stereocenters. The lowest BCUT2D eigenvalue weighted by molar-refractivity contribution is 0.925. The van der Waals surface area contributed by atoms with Crippen molar-refractivity contribution in [2.24, 2.45) is 0 Å². The summed E-state index contributed by atoms with van der Waals surface area (Å²) in [6.45, 7) is 7.99. The van der Waals surface area contributed by atoms with E-state index in [-0.39, 0.29) is 0 Å². The second-order valence-corrected chi connectivity index (χ2v) is 5.56. The lowest BCUT2D eigenvalue weighted by atomic mass is 10.0. The van der Waals surface area contributed by atoms with Gasteiger partial charge in [-0.15, -0.1) is 0 Å². The van der Waals surface area contributed by atoms with Crippen LogP contribution in [0.2, 0.25) is 5.02 Å². The summed E-state index contributed by atoms with van der Waals surface area (Å²) in [5.41, 5.74) is 4.31. The van der Waals surface area contributed by atoms with Gasteiger partial charge in [0.1, 0.15) is 5.82 Å². The number of aryl methyl sites for hydroxylation is 1. The van der Waals surface area contributed by atoms with Gasteiger partial charge < -0.3 is 5.32 Å². The van der Waals surface area contributed by atoms with Gasteiger partial charge in [-0.1, -0.05) is 55.8 Å². The maximum absolute atomic E-state index is 6.41. The summed E-state index contributed by atoms with van der Waals surface area (Å²) in [5, 5.41) is 4.02. The first-order valence-corrected chi connectivity index (χ1v) is 7.83. The fourth-order valence-electron chi connectivity index (χ4n) is 2.24. The minimum Gasteiger partial charge on any atom is -0.346 e. The first-order chi connectivity index (χ1) is 10.7. The number of rotatable bonds is 6. The van der Waals surface area contributed by atoms with Crippen LogP contribution in [0.5, 0.6) is 0 Å². The topological polar surface area (TPSA) is 24.9 Å². The van der Waals surface area contributed by atoms with Crippen LogP contribution in [0.4, 0.5) is 5.82 Å². The number of halogens is 1. The summed E-state index contributed by atoms with van der Waals surface area (Å²) < 4.78 is 0. The molecule has 22 heavy (non-hydrogen) atoms. The van der Waals surface area contributed by atoms with Crippen molar-refractivity contribution in [3.05, 3.63) is 71.5 Å². The molecule has 1 N–H and O–H groups in total. The molecular weight excluding hydrogens is 292 g/mol. The summed E-state index contributed by atoms with van der Waals surface area (Å²) in [7, 11) is 0. The highest BCUT2D eigenvalue weighted by molar-refractivity contribution is 6.34. The van der Waals surface area contributed by atoms with Crippen LogP contribution in [-0.4, -0.2) is 4.98 Å². The van der Waals surface area contributed by atoms with Gasteiger partial charge in [0.2, 0.25) is 0 Å². The third-order valence-corrected chi connectivity index (χ3v) is 3.97. The first-order valence-electron chi connectivity index (χ1n) is 7.45. The smallest absolute Gasteiger partial charge is 0.130 e. The van der Waals surface area contributed by atoms with Gasteiger partial charge >= 0.3 is 0 Å². The molecule has 0 saturated heterocycles. The molecule has 0 radical (unpaired) electrons. The molecule has 0 aliphatic heterocycles. The minimum absolute atomic E-state index is 0.785. The largest absolute Gasteiger partial charge is 0.346 e. The summed E-state index contributed by atoms with van der Waals surface area (Å²) in [4.78, 5) is 4.35. The van der Waals surface area contributed by atoms with E-state index in [0.29, 0.717) is 0 Å². The highest BCUT2D eigenvalue weighted by atomic mass is 35.5. The van der Waals surface area contributed by atoms with E-state index in [1.165, 1.54) is 5.57 Å². The van der Waals surface area contributed by atoms with E-state index in [0.717, 1.165) is 40.4 Å². The highest BCUT2D eigenvalue weighted by Gasteiger charge is 2.06. The monoisotopic (exact) mass is 312 g/mol. The fraction of sp³-hybridized carbons (Fsp3) is 0.211. The predicted octanol–water partition coefficient (Wildman–Crippen LogP) is 5.99. The van der Waals surface area contributed by atoms with Crippen molar-refractivity contribution in [3.63, 3.8) is 0 Å². The Morgan fingerprint density at radius 3 is 2.91 bits per heavy atom. The van der Waals surface area contributed by atoms with Crippen LogP contribution in [0.3, 0.4) is 0 Å².